The maximum Gasteiger partial charge on any atom is 0.0491 e. The van der Waals surface area contributed by atoms with Crippen LogP contribution in [0, 0.1) is 0 Å². The molecule has 0 spiro atoms. The standard InChI is InChI=1S/C17H16ClNS/c1-2-19-11-17(14-8-4-6-10-16(14)19)20-12-13-7-3-5-9-15(13)18/h3-11H,2,12H2,1H3. The van der Waals surface area contributed by atoms with Gasteiger partial charge in [-0.1, -0.05) is 48.0 Å². The van der Waals surface area contributed by atoms with Crippen molar-refractivity contribution in [2.75, 3.05) is 0 Å². The molecule has 3 aromatic rings. The van der Waals surface area contributed by atoms with E-state index in [-0.39, 0.29) is 0 Å². The van der Waals surface area contributed by atoms with Crippen LogP contribution in [0.15, 0.2) is 59.6 Å². The lowest BCUT2D eigenvalue weighted by atomic mass is 10.2. The van der Waals surface area contributed by atoms with Gasteiger partial charge < -0.3 is 4.57 Å². The van der Waals surface area contributed by atoms with E-state index in [1.54, 1.807) is 0 Å². The number of thioether (sulfide) groups is 1. The van der Waals surface area contributed by atoms with Crippen molar-refractivity contribution in [3.8, 4) is 0 Å². The molecule has 2 aromatic carbocycles. The molecule has 20 heavy (non-hydrogen) atoms. The summed E-state index contributed by atoms with van der Waals surface area (Å²) in [4.78, 5) is 1.32. The molecule has 3 rings (SSSR count). The number of aryl methyl sites for hydroxylation is 1. The number of para-hydroxylation sites is 1. The van der Waals surface area contributed by atoms with Crippen molar-refractivity contribution in [3.05, 3.63) is 65.3 Å². The van der Waals surface area contributed by atoms with Gasteiger partial charge in [-0.25, -0.2) is 0 Å². The predicted molar refractivity (Wildman–Crippen MR) is 88.6 cm³/mol. The average molecular weight is 302 g/mol. The zero-order valence-corrected chi connectivity index (χ0v) is 12.9. The second-order valence-electron chi connectivity index (χ2n) is 4.68. The molecule has 0 unspecified atom stereocenters. The summed E-state index contributed by atoms with van der Waals surface area (Å²) in [7, 11) is 0. The lowest BCUT2D eigenvalue weighted by molar-refractivity contribution is 0.792. The molecule has 0 aliphatic carbocycles. The summed E-state index contributed by atoms with van der Waals surface area (Å²) in [6.07, 6.45) is 2.24. The molecule has 0 amide bonds. The lowest BCUT2D eigenvalue weighted by Gasteiger charge is -2.03. The van der Waals surface area contributed by atoms with Crippen LogP contribution in [0.3, 0.4) is 0 Å². The van der Waals surface area contributed by atoms with Crippen molar-refractivity contribution in [1.82, 2.24) is 4.57 Å². The maximum atomic E-state index is 6.22. The van der Waals surface area contributed by atoms with Gasteiger partial charge in [-0.3, -0.25) is 0 Å². The molecule has 1 heterocycles. The van der Waals surface area contributed by atoms with E-state index in [1.165, 1.54) is 21.4 Å². The molecule has 0 aliphatic heterocycles. The molecule has 1 nitrogen and oxygen atoms in total. The first-order chi connectivity index (χ1) is 9.79. The van der Waals surface area contributed by atoms with Gasteiger partial charge >= 0.3 is 0 Å². The highest BCUT2D eigenvalue weighted by molar-refractivity contribution is 7.98. The van der Waals surface area contributed by atoms with Crippen molar-refractivity contribution >= 4 is 34.3 Å². The van der Waals surface area contributed by atoms with E-state index in [2.05, 4.69) is 48.0 Å². The molecular weight excluding hydrogens is 286 g/mol. The molecule has 1 aromatic heterocycles. The molecule has 0 aliphatic rings. The topological polar surface area (TPSA) is 4.93 Å². The minimum Gasteiger partial charge on any atom is -0.347 e. The summed E-state index contributed by atoms with van der Waals surface area (Å²) in [6, 6.07) is 16.6. The fraction of sp³-hybridized carbons (Fsp3) is 0.176. The Morgan fingerprint density at radius 1 is 1.05 bits per heavy atom. The van der Waals surface area contributed by atoms with Crippen LogP contribution in [-0.4, -0.2) is 4.57 Å². The van der Waals surface area contributed by atoms with E-state index in [1.807, 2.05) is 30.0 Å². The first-order valence-electron chi connectivity index (χ1n) is 6.73. The van der Waals surface area contributed by atoms with Crippen LogP contribution >= 0.6 is 23.4 Å². The van der Waals surface area contributed by atoms with Crippen molar-refractivity contribution < 1.29 is 0 Å². The molecule has 0 atom stereocenters. The van der Waals surface area contributed by atoms with Gasteiger partial charge in [0.05, 0.1) is 0 Å². The third-order valence-corrected chi connectivity index (χ3v) is 4.89. The van der Waals surface area contributed by atoms with Gasteiger partial charge in [0.25, 0.3) is 0 Å². The van der Waals surface area contributed by atoms with Gasteiger partial charge in [0, 0.05) is 39.3 Å². The number of aromatic nitrogens is 1. The molecule has 3 heteroatoms. The van der Waals surface area contributed by atoms with Crippen molar-refractivity contribution in [2.24, 2.45) is 0 Å². The largest absolute Gasteiger partial charge is 0.347 e. The van der Waals surface area contributed by atoms with Crippen LogP contribution in [0.4, 0.5) is 0 Å². The second kappa shape index (κ2) is 5.94. The molecule has 0 N–H and O–H groups in total. The van der Waals surface area contributed by atoms with Crippen LogP contribution in [-0.2, 0) is 12.3 Å². The number of hydrogen-bond acceptors (Lipinski definition) is 1. The lowest BCUT2D eigenvalue weighted by Crippen LogP contribution is -1.89. The monoisotopic (exact) mass is 301 g/mol. The summed E-state index contributed by atoms with van der Waals surface area (Å²) in [5.41, 5.74) is 2.49. The first-order valence-corrected chi connectivity index (χ1v) is 8.10. The summed E-state index contributed by atoms with van der Waals surface area (Å²) >= 11 is 8.07. The van der Waals surface area contributed by atoms with Crippen molar-refractivity contribution in [3.63, 3.8) is 0 Å². The number of fused-ring (bicyclic) bond motifs is 1. The van der Waals surface area contributed by atoms with E-state index < -0.39 is 0 Å². The molecule has 0 fully saturated rings. The Bertz CT molecular complexity index is 733. The fourth-order valence-corrected chi connectivity index (χ4v) is 3.74. The summed E-state index contributed by atoms with van der Waals surface area (Å²) in [6.45, 7) is 3.17. The van der Waals surface area contributed by atoms with E-state index in [0.717, 1.165) is 17.3 Å². The highest BCUT2D eigenvalue weighted by Crippen LogP contribution is 2.33. The Hall–Kier alpha value is -1.38. The first kappa shape index (κ1) is 13.6. The minimum atomic E-state index is 0.847. The zero-order chi connectivity index (χ0) is 13.9. The second-order valence-corrected chi connectivity index (χ2v) is 6.10. The molecule has 102 valence electrons. The van der Waals surface area contributed by atoms with Crippen LogP contribution in [0.25, 0.3) is 10.9 Å². The van der Waals surface area contributed by atoms with E-state index in [0.29, 0.717) is 0 Å². The molecule has 0 radical (unpaired) electrons. The van der Waals surface area contributed by atoms with Gasteiger partial charge in [-0.05, 0) is 24.6 Å². The predicted octanol–water partition coefficient (Wildman–Crippen LogP) is 5.61. The number of hydrogen-bond donors (Lipinski definition) is 0. The number of halogens is 1. The highest BCUT2D eigenvalue weighted by atomic mass is 35.5. The third kappa shape index (κ3) is 2.58. The van der Waals surface area contributed by atoms with Crippen LogP contribution in [0.2, 0.25) is 5.02 Å². The summed E-state index contributed by atoms with van der Waals surface area (Å²) < 4.78 is 2.30. The van der Waals surface area contributed by atoms with Crippen LogP contribution < -0.4 is 0 Å². The third-order valence-electron chi connectivity index (χ3n) is 3.43. The molecule has 0 bridgehead atoms. The van der Waals surface area contributed by atoms with Gasteiger partial charge in [0.1, 0.15) is 0 Å². The number of nitrogens with zero attached hydrogens (tertiary/aromatic N) is 1. The Labute approximate surface area is 128 Å². The Morgan fingerprint density at radius 3 is 2.60 bits per heavy atom. The normalized spacial score (nSPS) is 11.1. The van der Waals surface area contributed by atoms with Gasteiger partial charge in [0.15, 0.2) is 0 Å². The smallest absolute Gasteiger partial charge is 0.0491 e. The van der Waals surface area contributed by atoms with E-state index in [9.17, 15) is 0 Å². The Kier molecular flexibility index (Phi) is 4.04. The van der Waals surface area contributed by atoms with Crippen molar-refractivity contribution in [2.45, 2.75) is 24.1 Å². The SMILES string of the molecule is CCn1cc(SCc2ccccc2Cl)c2ccccc21. The van der Waals surface area contributed by atoms with Crippen LogP contribution in [0.5, 0.6) is 0 Å². The Balaban J connectivity index is 1.90. The fourth-order valence-electron chi connectivity index (χ4n) is 2.36. The van der Waals surface area contributed by atoms with Crippen molar-refractivity contribution in [1.29, 1.82) is 0 Å². The van der Waals surface area contributed by atoms with Gasteiger partial charge in [-0.15, -0.1) is 11.8 Å². The number of benzene rings is 2. The molecule has 0 saturated carbocycles. The van der Waals surface area contributed by atoms with Gasteiger partial charge in [-0.2, -0.15) is 0 Å². The molecular formula is C17H16ClNS. The zero-order valence-electron chi connectivity index (χ0n) is 11.3. The maximum absolute atomic E-state index is 6.22. The van der Waals surface area contributed by atoms with Gasteiger partial charge in [0.2, 0.25) is 0 Å². The van der Waals surface area contributed by atoms with Crippen LogP contribution in [0.1, 0.15) is 12.5 Å². The summed E-state index contributed by atoms with van der Waals surface area (Å²) in [5.74, 6) is 0.900. The minimum absolute atomic E-state index is 0.847. The molecule has 0 saturated heterocycles. The Morgan fingerprint density at radius 2 is 1.80 bits per heavy atom. The highest BCUT2D eigenvalue weighted by Gasteiger charge is 2.08. The van der Waals surface area contributed by atoms with E-state index in [4.69, 9.17) is 11.6 Å². The summed E-state index contributed by atoms with van der Waals surface area (Å²) in [5, 5.41) is 2.17. The number of rotatable bonds is 4. The average Bonchev–Trinajstić information content (AvgIpc) is 2.85. The van der Waals surface area contributed by atoms with E-state index >= 15 is 0 Å². The quantitative estimate of drug-likeness (QED) is 0.567.